The van der Waals surface area contributed by atoms with Crippen molar-refractivity contribution in [1.29, 1.82) is 0 Å². The first-order chi connectivity index (χ1) is 7.22. The lowest BCUT2D eigenvalue weighted by molar-refractivity contribution is 0.0696. The summed E-state index contributed by atoms with van der Waals surface area (Å²) >= 11 is 0. The third-order valence-corrected chi connectivity index (χ3v) is 2.90. The minimum atomic E-state index is -0.905. The van der Waals surface area contributed by atoms with Crippen LogP contribution in [0, 0.1) is 5.92 Å². The predicted molar refractivity (Wildman–Crippen MR) is 57.2 cm³/mol. The molecule has 1 aliphatic heterocycles. The molecule has 1 saturated heterocycles. The summed E-state index contributed by atoms with van der Waals surface area (Å²) in [5, 5.41) is 8.99. The van der Waals surface area contributed by atoms with Gasteiger partial charge in [-0.1, -0.05) is 6.92 Å². The average molecular weight is 206 g/mol. The number of carbonyl (C=O) groups is 1. The summed E-state index contributed by atoms with van der Waals surface area (Å²) in [4.78, 5) is 16.9. The highest BCUT2D eigenvalue weighted by Crippen LogP contribution is 2.28. The number of hydrogen-bond acceptors (Lipinski definition) is 3. The van der Waals surface area contributed by atoms with Gasteiger partial charge in [0.15, 0.2) is 0 Å². The zero-order valence-corrected chi connectivity index (χ0v) is 8.68. The smallest absolute Gasteiger partial charge is 0.339 e. The van der Waals surface area contributed by atoms with Gasteiger partial charge < -0.3 is 10.0 Å². The summed E-state index contributed by atoms with van der Waals surface area (Å²) in [5.41, 5.74) is 1.09. The quantitative estimate of drug-likeness (QED) is 0.816. The van der Waals surface area contributed by atoms with Crippen molar-refractivity contribution in [3.8, 4) is 0 Å². The van der Waals surface area contributed by atoms with Crippen molar-refractivity contribution in [3.63, 3.8) is 0 Å². The molecule has 0 aliphatic carbocycles. The number of aromatic nitrogens is 1. The second-order valence-electron chi connectivity index (χ2n) is 3.88. The highest BCUT2D eigenvalue weighted by atomic mass is 16.4. The SMILES string of the molecule is CCC1CN(c2ccncc2C(=O)O)C1. The molecule has 0 aromatic carbocycles. The molecule has 0 bridgehead atoms. The van der Waals surface area contributed by atoms with Gasteiger partial charge in [-0.2, -0.15) is 0 Å². The summed E-state index contributed by atoms with van der Waals surface area (Å²) in [5.74, 6) is -0.196. The van der Waals surface area contributed by atoms with Crippen LogP contribution in [-0.4, -0.2) is 29.1 Å². The molecule has 1 N–H and O–H groups in total. The van der Waals surface area contributed by atoms with Crippen LogP contribution in [-0.2, 0) is 0 Å². The van der Waals surface area contributed by atoms with E-state index < -0.39 is 5.97 Å². The van der Waals surface area contributed by atoms with E-state index in [-0.39, 0.29) is 0 Å². The lowest BCUT2D eigenvalue weighted by Crippen LogP contribution is -2.47. The van der Waals surface area contributed by atoms with Crippen molar-refractivity contribution in [2.24, 2.45) is 5.92 Å². The molecule has 0 amide bonds. The van der Waals surface area contributed by atoms with E-state index in [1.807, 2.05) is 0 Å². The molecule has 1 fully saturated rings. The number of anilines is 1. The fourth-order valence-corrected chi connectivity index (χ4v) is 1.85. The van der Waals surface area contributed by atoms with Crippen molar-refractivity contribution in [1.82, 2.24) is 4.98 Å². The molecule has 1 aliphatic rings. The van der Waals surface area contributed by atoms with Crippen molar-refractivity contribution in [2.45, 2.75) is 13.3 Å². The molecule has 4 heteroatoms. The third kappa shape index (κ3) is 1.79. The standard InChI is InChI=1S/C11H14N2O2/c1-2-8-6-13(7-8)10-3-4-12-5-9(10)11(14)15/h3-5,8H,2,6-7H2,1H3,(H,14,15). The monoisotopic (exact) mass is 206 g/mol. The Hall–Kier alpha value is -1.58. The molecule has 1 aromatic heterocycles. The zero-order valence-electron chi connectivity index (χ0n) is 8.68. The number of rotatable bonds is 3. The lowest BCUT2D eigenvalue weighted by atomic mass is 9.96. The van der Waals surface area contributed by atoms with Crippen molar-refractivity contribution >= 4 is 11.7 Å². The maximum absolute atomic E-state index is 11.0. The number of nitrogens with zero attached hydrogens (tertiary/aromatic N) is 2. The first-order valence-electron chi connectivity index (χ1n) is 5.14. The van der Waals surface area contributed by atoms with Gasteiger partial charge in [-0.3, -0.25) is 4.98 Å². The first kappa shape index (κ1) is 9.96. The largest absolute Gasteiger partial charge is 0.478 e. The molecule has 1 aromatic rings. The number of carboxylic acid groups (broad SMARTS) is 1. The molecule has 2 heterocycles. The molecule has 0 radical (unpaired) electrons. The molecule has 0 saturated carbocycles. The summed E-state index contributed by atoms with van der Waals surface area (Å²) in [6.45, 7) is 4.08. The lowest BCUT2D eigenvalue weighted by Gasteiger charge is -2.41. The number of hydrogen-bond donors (Lipinski definition) is 1. The van der Waals surface area contributed by atoms with Gasteiger partial charge in [0.05, 0.1) is 5.69 Å². The number of carboxylic acids is 1. The topological polar surface area (TPSA) is 53.4 Å². The van der Waals surface area contributed by atoms with Crippen molar-refractivity contribution in [2.75, 3.05) is 18.0 Å². The molecular weight excluding hydrogens is 192 g/mol. The van der Waals surface area contributed by atoms with Gasteiger partial charge in [-0.05, 0) is 18.4 Å². The Kier molecular flexibility index (Phi) is 2.58. The van der Waals surface area contributed by atoms with E-state index in [9.17, 15) is 4.79 Å². The van der Waals surface area contributed by atoms with E-state index in [4.69, 9.17) is 5.11 Å². The van der Waals surface area contributed by atoms with Crippen LogP contribution in [0.4, 0.5) is 5.69 Å². The van der Waals surface area contributed by atoms with E-state index in [2.05, 4.69) is 16.8 Å². The fourth-order valence-electron chi connectivity index (χ4n) is 1.85. The minimum absolute atomic E-state index is 0.298. The van der Waals surface area contributed by atoms with E-state index in [1.54, 1.807) is 12.3 Å². The zero-order chi connectivity index (χ0) is 10.8. The van der Waals surface area contributed by atoms with Gasteiger partial charge in [0.1, 0.15) is 5.56 Å². The molecule has 80 valence electrons. The second kappa shape index (κ2) is 3.88. The first-order valence-corrected chi connectivity index (χ1v) is 5.14. The van der Waals surface area contributed by atoms with Gasteiger partial charge in [-0.25, -0.2) is 4.79 Å². The summed E-state index contributed by atoms with van der Waals surface area (Å²) in [6, 6.07) is 1.77. The Bertz CT molecular complexity index is 373. The van der Waals surface area contributed by atoms with E-state index in [0.717, 1.165) is 25.2 Å². The van der Waals surface area contributed by atoms with Crippen LogP contribution in [0.3, 0.4) is 0 Å². The third-order valence-electron chi connectivity index (χ3n) is 2.90. The van der Waals surface area contributed by atoms with Gasteiger partial charge in [0, 0.05) is 25.5 Å². The Morgan fingerprint density at radius 3 is 3.00 bits per heavy atom. The molecule has 0 spiro atoms. The maximum atomic E-state index is 11.0. The van der Waals surface area contributed by atoms with E-state index in [1.165, 1.54) is 6.20 Å². The van der Waals surface area contributed by atoms with Crippen LogP contribution in [0.1, 0.15) is 23.7 Å². The molecule has 15 heavy (non-hydrogen) atoms. The van der Waals surface area contributed by atoms with Gasteiger partial charge in [0.2, 0.25) is 0 Å². The molecule has 4 nitrogen and oxygen atoms in total. The highest BCUT2D eigenvalue weighted by molar-refractivity contribution is 5.94. The van der Waals surface area contributed by atoms with Crippen LogP contribution in [0.5, 0.6) is 0 Å². The maximum Gasteiger partial charge on any atom is 0.339 e. The van der Waals surface area contributed by atoms with Crippen molar-refractivity contribution in [3.05, 3.63) is 24.0 Å². The van der Waals surface area contributed by atoms with Gasteiger partial charge in [0.25, 0.3) is 0 Å². The Labute approximate surface area is 88.6 Å². The Morgan fingerprint density at radius 1 is 1.67 bits per heavy atom. The summed E-state index contributed by atoms with van der Waals surface area (Å²) in [7, 11) is 0. The average Bonchev–Trinajstić information content (AvgIpc) is 2.16. The van der Waals surface area contributed by atoms with Crippen molar-refractivity contribution < 1.29 is 9.90 Å². The minimum Gasteiger partial charge on any atom is -0.478 e. The number of aromatic carboxylic acids is 1. The van der Waals surface area contributed by atoms with Crippen LogP contribution in [0.15, 0.2) is 18.5 Å². The van der Waals surface area contributed by atoms with Gasteiger partial charge in [-0.15, -0.1) is 0 Å². The Morgan fingerprint density at radius 2 is 2.40 bits per heavy atom. The highest BCUT2D eigenvalue weighted by Gasteiger charge is 2.27. The Balaban J connectivity index is 2.18. The van der Waals surface area contributed by atoms with Crippen LogP contribution in [0.25, 0.3) is 0 Å². The summed E-state index contributed by atoms with van der Waals surface area (Å²) in [6.07, 6.45) is 4.21. The molecular formula is C11H14N2O2. The van der Waals surface area contributed by atoms with Crippen LogP contribution < -0.4 is 4.90 Å². The normalized spacial score (nSPS) is 16.2. The number of pyridine rings is 1. The molecule has 2 rings (SSSR count). The molecule has 0 unspecified atom stereocenters. The second-order valence-corrected chi connectivity index (χ2v) is 3.88. The van der Waals surface area contributed by atoms with Crippen LogP contribution >= 0.6 is 0 Å². The summed E-state index contributed by atoms with van der Waals surface area (Å²) < 4.78 is 0. The van der Waals surface area contributed by atoms with E-state index in [0.29, 0.717) is 11.5 Å². The predicted octanol–water partition coefficient (Wildman–Crippen LogP) is 1.63. The molecule has 0 atom stereocenters. The van der Waals surface area contributed by atoms with E-state index >= 15 is 0 Å². The fraction of sp³-hybridized carbons (Fsp3) is 0.455. The van der Waals surface area contributed by atoms with Gasteiger partial charge >= 0.3 is 5.97 Å². The van der Waals surface area contributed by atoms with Crippen LogP contribution in [0.2, 0.25) is 0 Å².